The molecule has 1 saturated heterocycles. The predicted molar refractivity (Wildman–Crippen MR) is 67.2 cm³/mol. The molecule has 2 aromatic heterocycles. The van der Waals surface area contributed by atoms with Crippen molar-refractivity contribution in [2.75, 3.05) is 24.6 Å². The van der Waals surface area contributed by atoms with Crippen LogP contribution < -0.4 is 4.90 Å². The normalized spacial score (nSPS) is 21.0. The second kappa shape index (κ2) is 4.37. The molecule has 0 saturated carbocycles. The number of fused-ring (bicyclic) bond motifs is 1. The summed E-state index contributed by atoms with van der Waals surface area (Å²) in [6.07, 6.45) is 6.10. The van der Waals surface area contributed by atoms with Gasteiger partial charge in [-0.3, -0.25) is 4.40 Å². The first-order valence-corrected chi connectivity index (χ1v) is 6.16. The quantitative estimate of drug-likeness (QED) is 0.852. The SMILES string of the molecule is OCC1CCCN(c2cccc3nccn23)C1. The van der Waals surface area contributed by atoms with Crippen molar-refractivity contribution in [1.82, 2.24) is 9.38 Å². The maximum Gasteiger partial charge on any atom is 0.138 e. The molecule has 1 N–H and O–H groups in total. The van der Waals surface area contributed by atoms with Gasteiger partial charge in [0.05, 0.1) is 0 Å². The average Bonchev–Trinajstić information content (AvgIpc) is 2.87. The van der Waals surface area contributed by atoms with Gasteiger partial charge in [-0.25, -0.2) is 4.98 Å². The van der Waals surface area contributed by atoms with E-state index >= 15 is 0 Å². The number of aromatic nitrogens is 2. The van der Waals surface area contributed by atoms with Crippen LogP contribution in [0.25, 0.3) is 5.65 Å². The van der Waals surface area contributed by atoms with E-state index in [9.17, 15) is 5.11 Å². The summed E-state index contributed by atoms with van der Waals surface area (Å²) in [5.74, 6) is 1.58. The third-order valence-corrected chi connectivity index (χ3v) is 3.51. The van der Waals surface area contributed by atoms with Crippen molar-refractivity contribution < 1.29 is 5.11 Å². The minimum Gasteiger partial charge on any atom is -0.396 e. The molecule has 0 aromatic carbocycles. The fourth-order valence-electron chi connectivity index (χ4n) is 2.61. The molecular formula is C13H17N3O. The highest BCUT2D eigenvalue weighted by atomic mass is 16.3. The van der Waals surface area contributed by atoms with E-state index in [4.69, 9.17) is 0 Å². The third-order valence-electron chi connectivity index (χ3n) is 3.51. The Labute approximate surface area is 101 Å². The van der Waals surface area contributed by atoms with Gasteiger partial charge in [0.2, 0.25) is 0 Å². The molecule has 17 heavy (non-hydrogen) atoms. The standard InChI is InChI=1S/C13H17N3O/c17-10-11-3-2-7-15(9-11)13-5-1-4-12-14-6-8-16(12)13/h1,4-6,8,11,17H,2-3,7,9-10H2. The summed E-state index contributed by atoms with van der Waals surface area (Å²) in [7, 11) is 0. The van der Waals surface area contributed by atoms with Gasteiger partial charge < -0.3 is 10.0 Å². The average molecular weight is 231 g/mol. The maximum atomic E-state index is 9.28. The summed E-state index contributed by atoms with van der Waals surface area (Å²) in [4.78, 5) is 6.65. The first-order chi connectivity index (χ1) is 8.38. The molecule has 1 aliphatic heterocycles. The zero-order valence-corrected chi connectivity index (χ0v) is 9.79. The monoisotopic (exact) mass is 231 g/mol. The van der Waals surface area contributed by atoms with Crippen LogP contribution >= 0.6 is 0 Å². The third kappa shape index (κ3) is 1.89. The number of aliphatic hydroxyl groups excluding tert-OH is 1. The van der Waals surface area contributed by atoms with Crippen LogP contribution in [0.5, 0.6) is 0 Å². The smallest absolute Gasteiger partial charge is 0.138 e. The van der Waals surface area contributed by atoms with Crippen LogP contribution in [0.1, 0.15) is 12.8 Å². The second-order valence-electron chi connectivity index (χ2n) is 4.68. The molecule has 3 heterocycles. The first-order valence-electron chi connectivity index (χ1n) is 6.16. The van der Waals surface area contributed by atoms with Crippen molar-refractivity contribution in [1.29, 1.82) is 0 Å². The number of rotatable bonds is 2. The fourth-order valence-corrected chi connectivity index (χ4v) is 2.61. The summed E-state index contributed by atoms with van der Waals surface area (Å²) >= 11 is 0. The highest BCUT2D eigenvalue weighted by Crippen LogP contribution is 2.23. The van der Waals surface area contributed by atoms with Crippen molar-refractivity contribution in [3.63, 3.8) is 0 Å². The Kier molecular flexibility index (Phi) is 2.73. The topological polar surface area (TPSA) is 40.8 Å². The molecule has 1 atom stereocenters. The summed E-state index contributed by atoms with van der Waals surface area (Å²) in [6.45, 7) is 2.29. The second-order valence-corrected chi connectivity index (χ2v) is 4.68. The van der Waals surface area contributed by atoms with Gasteiger partial charge in [0.15, 0.2) is 0 Å². The van der Waals surface area contributed by atoms with Gasteiger partial charge in [-0.05, 0) is 30.9 Å². The van der Waals surface area contributed by atoms with Crippen LogP contribution in [-0.4, -0.2) is 34.2 Å². The van der Waals surface area contributed by atoms with E-state index in [2.05, 4.69) is 20.4 Å². The molecule has 1 aliphatic rings. The number of piperidine rings is 1. The van der Waals surface area contributed by atoms with Crippen LogP contribution in [0.3, 0.4) is 0 Å². The van der Waals surface area contributed by atoms with Gasteiger partial charge in [-0.15, -0.1) is 0 Å². The Morgan fingerprint density at radius 2 is 2.35 bits per heavy atom. The molecule has 1 fully saturated rings. The number of hydrogen-bond acceptors (Lipinski definition) is 3. The fraction of sp³-hybridized carbons (Fsp3) is 0.462. The Morgan fingerprint density at radius 3 is 3.24 bits per heavy atom. The molecule has 0 bridgehead atoms. The van der Waals surface area contributed by atoms with E-state index in [0.29, 0.717) is 5.92 Å². The predicted octanol–water partition coefficient (Wildman–Crippen LogP) is 1.54. The molecule has 4 nitrogen and oxygen atoms in total. The van der Waals surface area contributed by atoms with Crippen molar-refractivity contribution in [2.24, 2.45) is 5.92 Å². The lowest BCUT2D eigenvalue weighted by molar-refractivity contribution is 0.208. The Balaban J connectivity index is 1.94. The Morgan fingerprint density at radius 1 is 1.41 bits per heavy atom. The zero-order valence-electron chi connectivity index (χ0n) is 9.79. The van der Waals surface area contributed by atoms with Crippen molar-refractivity contribution in [3.05, 3.63) is 30.6 Å². The van der Waals surface area contributed by atoms with Gasteiger partial charge in [0.1, 0.15) is 11.5 Å². The Bertz CT molecular complexity index is 508. The van der Waals surface area contributed by atoms with Gasteiger partial charge in [-0.2, -0.15) is 0 Å². The number of hydrogen-bond donors (Lipinski definition) is 1. The highest BCUT2D eigenvalue weighted by Gasteiger charge is 2.20. The summed E-state index contributed by atoms with van der Waals surface area (Å²) in [5, 5.41) is 9.28. The van der Waals surface area contributed by atoms with Crippen molar-refractivity contribution in [3.8, 4) is 0 Å². The minimum absolute atomic E-state index is 0.288. The first kappa shape index (κ1) is 10.6. The van der Waals surface area contributed by atoms with E-state index in [0.717, 1.165) is 31.6 Å². The Hall–Kier alpha value is -1.55. The number of anilines is 1. The molecule has 0 radical (unpaired) electrons. The summed E-state index contributed by atoms with van der Waals surface area (Å²) in [5.41, 5.74) is 0.980. The van der Waals surface area contributed by atoms with Gasteiger partial charge in [-0.1, -0.05) is 6.07 Å². The number of pyridine rings is 1. The lowest BCUT2D eigenvalue weighted by atomic mass is 9.99. The summed E-state index contributed by atoms with van der Waals surface area (Å²) in [6, 6.07) is 6.17. The van der Waals surface area contributed by atoms with Crippen LogP contribution in [0.4, 0.5) is 5.82 Å². The molecule has 0 spiro atoms. The molecular weight excluding hydrogens is 214 g/mol. The van der Waals surface area contributed by atoms with Gasteiger partial charge >= 0.3 is 0 Å². The van der Waals surface area contributed by atoms with Gasteiger partial charge in [0, 0.05) is 32.1 Å². The van der Waals surface area contributed by atoms with Crippen LogP contribution in [0.15, 0.2) is 30.6 Å². The lowest BCUT2D eigenvalue weighted by Crippen LogP contribution is -2.37. The van der Waals surface area contributed by atoms with Crippen LogP contribution in [0, 0.1) is 5.92 Å². The van der Waals surface area contributed by atoms with Gasteiger partial charge in [0.25, 0.3) is 0 Å². The lowest BCUT2D eigenvalue weighted by Gasteiger charge is -2.33. The molecule has 4 heteroatoms. The molecule has 2 aromatic rings. The largest absolute Gasteiger partial charge is 0.396 e. The van der Waals surface area contributed by atoms with E-state index in [1.54, 1.807) is 0 Å². The molecule has 90 valence electrons. The van der Waals surface area contributed by atoms with E-state index in [-0.39, 0.29) is 6.61 Å². The van der Waals surface area contributed by atoms with E-state index in [1.165, 1.54) is 5.82 Å². The molecule has 3 rings (SSSR count). The van der Waals surface area contributed by atoms with Crippen LogP contribution in [-0.2, 0) is 0 Å². The molecule has 1 unspecified atom stereocenters. The highest BCUT2D eigenvalue weighted by molar-refractivity contribution is 5.51. The number of aliphatic hydroxyl groups is 1. The number of nitrogens with zero attached hydrogens (tertiary/aromatic N) is 3. The van der Waals surface area contributed by atoms with E-state index < -0.39 is 0 Å². The zero-order chi connectivity index (χ0) is 11.7. The van der Waals surface area contributed by atoms with E-state index in [1.807, 2.05) is 24.5 Å². The summed E-state index contributed by atoms with van der Waals surface area (Å²) < 4.78 is 2.11. The molecule has 0 amide bonds. The maximum absolute atomic E-state index is 9.28. The van der Waals surface area contributed by atoms with Crippen molar-refractivity contribution >= 4 is 11.5 Å². The van der Waals surface area contributed by atoms with Crippen molar-refractivity contribution in [2.45, 2.75) is 12.8 Å². The number of imidazole rings is 1. The molecule has 0 aliphatic carbocycles. The van der Waals surface area contributed by atoms with Crippen LogP contribution in [0.2, 0.25) is 0 Å². The minimum atomic E-state index is 0.288.